The molecule has 3 N–H and O–H groups in total. The molecule has 0 saturated carbocycles. The van der Waals surface area contributed by atoms with E-state index < -0.39 is 35.8 Å². The van der Waals surface area contributed by atoms with Gasteiger partial charge in [-0.25, -0.2) is 0 Å². The maximum absolute atomic E-state index is 11.5. The number of unbranched alkanes of at least 4 members (excludes halogenated alkanes) is 3. The lowest BCUT2D eigenvalue weighted by Crippen LogP contribution is -2.28. The molecule has 0 fully saturated rings. The van der Waals surface area contributed by atoms with Crippen molar-refractivity contribution in [1.82, 2.24) is 0 Å². The van der Waals surface area contributed by atoms with Crippen LogP contribution in [0.2, 0.25) is 0 Å². The van der Waals surface area contributed by atoms with E-state index in [1.807, 2.05) is 54.6 Å². The largest absolute Gasteiger partial charge is 0.494 e. The molecular weight excluding hydrogens is 861 g/mol. The molecule has 0 atom stereocenters. The van der Waals surface area contributed by atoms with Gasteiger partial charge in [-0.3, -0.25) is 13.7 Å². The minimum atomic E-state index is -4.09. The highest BCUT2D eigenvalue weighted by molar-refractivity contribution is 7.86. The minimum Gasteiger partial charge on any atom is -0.494 e. The number of ether oxygens (including phenoxy) is 1. The summed E-state index contributed by atoms with van der Waals surface area (Å²) in [5.74, 6) is -0.277. The van der Waals surface area contributed by atoms with Crippen LogP contribution in [-0.4, -0.2) is 86.2 Å². The molecule has 2 aliphatic rings. The summed E-state index contributed by atoms with van der Waals surface area (Å²) in [6, 6.07) is 20.7. The quantitative estimate of drug-likeness (QED) is 0.0333. The number of hydrogen-bond donors (Lipinski definition) is 3. The Morgan fingerprint density at radius 2 is 1.21 bits per heavy atom. The fraction of sp³-hybridized carbons (Fsp3) is 0.396. The SMILES string of the molecule is Cc1ccc2ccc3c(c2c1)C(C)(C)C(C=CC=CC=CC=C1N(CCCCS(=O)(=O)O)c2ccc4ccc(OCCCCS(=O)(=O)O)cc4c2C1(C)C)=[N+]3CCCCS(=O)(=O)O. The van der Waals surface area contributed by atoms with E-state index in [2.05, 4.69) is 92.6 Å². The van der Waals surface area contributed by atoms with Crippen molar-refractivity contribution in [2.45, 2.75) is 84.0 Å². The number of rotatable bonds is 20. The van der Waals surface area contributed by atoms with Crippen molar-refractivity contribution >= 4 is 69.0 Å². The lowest BCUT2D eigenvalue weighted by atomic mass is 9.79. The monoisotopic (exact) mass is 919 g/mol. The highest BCUT2D eigenvalue weighted by Gasteiger charge is 2.45. The first kappa shape index (κ1) is 47.8. The van der Waals surface area contributed by atoms with Crippen molar-refractivity contribution < 1.29 is 48.2 Å². The molecule has 0 amide bonds. The van der Waals surface area contributed by atoms with Crippen LogP contribution in [0.3, 0.4) is 0 Å². The van der Waals surface area contributed by atoms with E-state index in [0.29, 0.717) is 50.9 Å². The molecule has 0 saturated heterocycles. The van der Waals surface area contributed by atoms with E-state index in [-0.39, 0.29) is 35.7 Å². The molecule has 0 unspecified atom stereocenters. The summed E-state index contributed by atoms with van der Waals surface area (Å²) in [6.07, 6.45) is 16.6. The van der Waals surface area contributed by atoms with Crippen molar-refractivity contribution in [2.75, 3.05) is 41.9 Å². The highest BCUT2D eigenvalue weighted by Crippen LogP contribution is 2.51. The molecule has 2 heterocycles. The first-order valence-electron chi connectivity index (χ1n) is 21.3. The van der Waals surface area contributed by atoms with Gasteiger partial charge in [-0.15, -0.1) is 0 Å². The Morgan fingerprint density at radius 1 is 0.635 bits per heavy atom. The Morgan fingerprint density at radius 3 is 1.89 bits per heavy atom. The number of nitrogens with zero attached hydrogens (tertiary/aromatic N) is 2. The minimum absolute atomic E-state index is 0.279. The van der Waals surface area contributed by atoms with Gasteiger partial charge in [-0.2, -0.15) is 29.8 Å². The number of aryl methyl sites for hydroxylation is 1. The van der Waals surface area contributed by atoms with Crippen LogP contribution >= 0.6 is 0 Å². The second-order valence-corrected chi connectivity index (χ2v) is 22.2. The van der Waals surface area contributed by atoms with Crippen LogP contribution in [0.1, 0.15) is 82.9 Å². The summed E-state index contributed by atoms with van der Waals surface area (Å²) < 4.78 is 104. The van der Waals surface area contributed by atoms with Crippen LogP contribution in [-0.2, 0) is 41.2 Å². The molecule has 6 rings (SSSR count). The first-order chi connectivity index (χ1) is 29.6. The topological polar surface area (TPSA) is 179 Å². The molecule has 338 valence electrons. The van der Waals surface area contributed by atoms with Crippen molar-refractivity contribution in [1.29, 1.82) is 0 Å². The van der Waals surface area contributed by atoms with E-state index >= 15 is 0 Å². The van der Waals surface area contributed by atoms with Gasteiger partial charge in [0.15, 0.2) is 5.71 Å². The third-order valence-corrected chi connectivity index (χ3v) is 14.3. The summed E-state index contributed by atoms with van der Waals surface area (Å²) >= 11 is 0. The fourth-order valence-corrected chi connectivity index (χ4v) is 10.7. The van der Waals surface area contributed by atoms with Crippen LogP contribution < -0.4 is 9.64 Å². The number of anilines is 1. The Hall–Kier alpha value is -4.64. The molecule has 2 aliphatic heterocycles. The molecule has 0 bridgehead atoms. The van der Waals surface area contributed by atoms with Gasteiger partial charge in [0, 0.05) is 47.5 Å². The Balaban J connectivity index is 1.26. The average molecular weight is 920 g/mol. The molecule has 0 aliphatic carbocycles. The smallest absolute Gasteiger partial charge is 0.264 e. The Labute approximate surface area is 372 Å². The number of hydrogen-bond acceptors (Lipinski definition) is 8. The van der Waals surface area contributed by atoms with E-state index in [1.165, 1.54) is 16.5 Å². The van der Waals surface area contributed by atoms with Crippen LogP contribution in [0.5, 0.6) is 5.75 Å². The highest BCUT2D eigenvalue weighted by atomic mass is 32.2. The van der Waals surface area contributed by atoms with Crippen molar-refractivity contribution in [3.8, 4) is 5.75 Å². The van der Waals surface area contributed by atoms with Gasteiger partial charge in [-0.05, 0) is 110 Å². The van der Waals surface area contributed by atoms with Crippen LogP contribution in [0.4, 0.5) is 11.4 Å². The average Bonchev–Trinajstić information content (AvgIpc) is 3.54. The van der Waals surface area contributed by atoms with Gasteiger partial charge in [0.25, 0.3) is 30.4 Å². The maximum Gasteiger partial charge on any atom is 0.264 e. The molecule has 12 nitrogen and oxygen atoms in total. The molecule has 15 heteroatoms. The van der Waals surface area contributed by atoms with E-state index in [0.717, 1.165) is 44.5 Å². The Bertz CT molecular complexity index is 2870. The van der Waals surface area contributed by atoms with E-state index in [1.54, 1.807) is 0 Å². The zero-order chi connectivity index (χ0) is 45.8. The first-order valence-corrected chi connectivity index (χ1v) is 26.1. The predicted octanol–water partition coefficient (Wildman–Crippen LogP) is 9.41. The Kier molecular flexibility index (Phi) is 14.6. The van der Waals surface area contributed by atoms with Gasteiger partial charge >= 0.3 is 0 Å². The van der Waals surface area contributed by atoms with E-state index in [4.69, 9.17) is 9.29 Å². The van der Waals surface area contributed by atoms with Gasteiger partial charge in [0.05, 0.1) is 29.3 Å². The van der Waals surface area contributed by atoms with Gasteiger partial charge in [0.2, 0.25) is 5.69 Å². The molecule has 4 aromatic rings. The number of benzene rings is 4. The molecule has 0 spiro atoms. The maximum atomic E-state index is 11.5. The normalized spacial score (nSPS) is 17.1. The standard InChI is InChI=1S/C48H58N2O10S3/c1-35-19-20-36-22-25-41-45(39(36)33-35)47(2,3)43(49(41)27-11-14-30-61(51,52)53)17-9-7-6-8-10-18-44-48(4,5)46-40-34-38(60-29-13-16-32-63(57,58)59)24-21-37(40)23-26-42(46)50(44)28-12-15-31-62(54,55)56/h6-10,17-26,33-34H,11-16,27-32H2,1-5H3,(H2-,51,52,53,54,55,56,57,58,59)/p+1. The third kappa shape index (κ3) is 11.7. The van der Waals surface area contributed by atoms with Crippen LogP contribution in [0, 0.1) is 6.92 Å². The third-order valence-electron chi connectivity index (χ3n) is 11.9. The van der Waals surface area contributed by atoms with Crippen molar-refractivity contribution in [3.05, 3.63) is 126 Å². The lowest BCUT2D eigenvalue weighted by Gasteiger charge is -2.27. The zero-order valence-electron chi connectivity index (χ0n) is 36.6. The molecular formula is C48H59N2O10S3+. The van der Waals surface area contributed by atoms with Gasteiger partial charge in [0.1, 0.15) is 12.3 Å². The fourth-order valence-electron chi connectivity index (χ4n) is 9.00. The number of allylic oxidation sites excluding steroid dienone is 8. The number of fused-ring (bicyclic) bond motifs is 6. The molecule has 4 aromatic carbocycles. The van der Waals surface area contributed by atoms with E-state index in [9.17, 15) is 34.4 Å². The summed E-state index contributed by atoms with van der Waals surface area (Å²) in [7, 11) is -12.2. The van der Waals surface area contributed by atoms with Crippen molar-refractivity contribution in [2.24, 2.45) is 0 Å². The summed E-state index contributed by atoms with van der Waals surface area (Å²) in [5.41, 5.74) is 6.83. The lowest BCUT2D eigenvalue weighted by molar-refractivity contribution is -0.438. The van der Waals surface area contributed by atoms with Crippen LogP contribution in [0.15, 0.2) is 109 Å². The van der Waals surface area contributed by atoms with Crippen LogP contribution in [0.25, 0.3) is 21.5 Å². The van der Waals surface area contributed by atoms with Crippen molar-refractivity contribution in [3.63, 3.8) is 0 Å². The van der Waals surface area contributed by atoms with Gasteiger partial charge in [-0.1, -0.05) is 80.1 Å². The molecule has 63 heavy (non-hydrogen) atoms. The summed E-state index contributed by atoms with van der Waals surface area (Å²) in [6.45, 7) is 12.2. The molecule has 0 aromatic heterocycles. The summed E-state index contributed by atoms with van der Waals surface area (Å²) in [4.78, 5) is 2.21. The van der Waals surface area contributed by atoms with Gasteiger partial charge < -0.3 is 9.64 Å². The zero-order valence-corrected chi connectivity index (χ0v) is 39.1. The second-order valence-electron chi connectivity index (χ2n) is 17.5. The summed E-state index contributed by atoms with van der Waals surface area (Å²) in [5, 5.41) is 4.36. The molecule has 0 radical (unpaired) electrons. The second kappa shape index (κ2) is 19.2. The predicted molar refractivity (Wildman–Crippen MR) is 254 cm³/mol.